The van der Waals surface area contributed by atoms with Crippen molar-refractivity contribution in [1.29, 1.82) is 0 Å². The fraction of sp³-hybridized carbons (Fsp3) is 0.190. The number of fused-ring (bicyclic) bond motifs is 1. The topological polar surface area (TPSA) is 115 Å². The molecule has 4 N–H and O–H groups in total. The zero-order chi connectivity index (χ0) is 21.8. The number of esters is 1. The van der Waals surface area contributed by atoms with Crippen LogP contribution in [0.2, 0.25) is 5.02 Å². The van der Waals surface area contributed by atoms with Gasteiger partial charge in [-0.1, -0.05) is 41.9 Å². The maximum absolute atomic E-state index is 12.7. The molecule has 0 saturated carbocycles. The van der Waals surface area contributed by atoms with Gasteiger partial charge in [0.1, 0.15) is 6.04 Å². The number of hydrogen-bond donors (Lipinski definition) is 3. The van der Waals surface area contributed by atoms with E-state index in [0.29, 0.717) is 10.4 Å². The number of para-hydroxylation sites is 1. The van der Waals surface area contributed by atoms with E-state index in [0.717, 1.165) is 11.1 Å². The van der Waals surface area contributed by atoms with E-state index in [-0.39, 0.29) is 17.8 Å². The summed E-state index contributed by atoms with van der Waals surface area (Å²) in [7, 11) is 2.96. The average molecular weight is 429 g/mol. The quantitative estimate of drug-likeness (QED) is 0.523. The maximum Gasteiger partial charge on any atom is 0.356 e. The first kappa shape index (κ1) is 21.2. The van der Waals surface area contributed by atoms with Gasteiger partial charge >= 0.3 is 12.0 Å². The molecule has 0 fully saturated rings. The summed E-state index contributed by atoms with van der Waals surface area (Å²) < 4.78 is 6.50. The number of urea groups is 1. The summed E-state index contributed by atoms with van der Waals surface area (Å²) in [6, 6.07) is 12.4. The molecule has 0 spiro atoms. The third-order valence-corrected chi connectivity index (χ3v) is 4.98. The molecule has 156 valence electrons. The number of amides is 3. The number of nitrogens with one attached hydrogen (secondary N) is 2. The second-order valence-corrected chi connectivity index (χ2v) is 7.11. The summed E-state index contributed by atoms with van der Waals surface area (Å²) in [6.45, 7) is 0. The lowest BCUT2D eigenvalue weighted by Gasteiger charge is -2.16. The van der Waals surface area contributed by atoms with E-state index >= 15 is 0 Å². The van der Waals surface area contributed by atoms with Crippen LogP contribution in [-0.4, -0.2) is 35.6 Å². The minimum absolute atomic E-state index is 0.183. The molecule has 30 heavy (non-hydrogen) atoms. The molecule has 3 rings (SSSR count). The van der Waals surface area contributed by atoms with Gasteiger partial charge in [0.2, 0.25) is 5.91 Å². The number of nitrogens with zero attached hydrogens (tertiary/aromatic N) is 1. The van der Waals surface area contributed by atoms with Crippen molar-refractivity contribution in [2.45, 2.75) is 12.5 Å². The molecular weight excluding hydrogens is 408 g/mol. The molecule has 3 amide bonds. The number of rotatable bonds is 6. The minimum Gasteiger partial charge on any atom is -0.464 e. The highest BCUT2D eigenvalue weighted by Crippen LogP contribution is 2.30. The standard InChI is InChI=1S/C21H21ClN4O4/c1-26-16-6-4-3-5-14(16)17(18(26)20(28)30-2)25-21(29)24-15(19(23)27)11-12-7-9-13(22)10-8-12/h3-10,15H,11H2,1-2H3,(H2,23,27)(H2,24,25,29). The Hall–Kier alpha value is -3.52. The molecule has 3 aromatic rings. The lowest BCUT2D eigenvalue weighted by molar-refractivity contribution is -0.119. The molecule has 0 bridgehead atoms. The molecule has 8 nitrogen and oxygen atoms in total. The molecule has 0 aliphatic carbocycles. The highest BCUT2D eigenvalue weighted by Gasteiger charge is 2.25. The highest BCUT2D eigenvalue weighted by atomic mass is 35.5. The number of halogens is 1. The Morgan fingerprint density at radius 2 is 1.80 bits per heavy atom. The molecule has 2 aromatic carbocycles. The van der Waals surface area contributed by atoms with E-state index in [2.05, 4.69) is 10.6 Å². The van der Waals surface area contributed by atoms with Crippen molar-refractivity contribution in [3.63, 3.8) is 0 Å². The summed E-state index contributed by atoms with van der Waals surface area (Å²) >= 11 is 5.88. The first-order chi connectivity index (χ1) is 14.3. The molecular formula is C21H21ClN4O4. The number of carbonyl (C=O) groups excluding carboxylic acids is 3. The van der Waals surface area contributed by atoms with Crippen molar-refractivity contribution < 1.29 is 19.1 Å². The molecule has 0 radical (unpaired) electrons. The Labute approximate surface area is 177 Å². The first-order valence-corrected chi connectivity index (χ1v) is 9.46. The number of nitrogens with two attached hydrogens (primary N) is 1. The summed E-state index contributed by atoms with van der Waals surface area (Å²) in [5.41, 5.74) is 7.45. The van der Waals surface area contributed by atoms with Gasteiger partial charge in [-0.15, -0.1) is 0 Å². The van der Waals surface area contributed by atoms with E-state index in [1.807, 2.05) is 12.1 Å². The lowest BCUT2D eigenvalue weighted by atomic mass is 10.1. The van der Waals surface area contributed by atoms with Crippen LogP contribution in [0.15, 0.2) is 48.5 Å². The summed E-state index contributed by atoms with van der Waals surface area (Å²) in [4.78, 5) is 36.9. The number of methoxy groups -OCH3 is 1. The second-order valence-electron chi connectivity index (χ2n) is 6.68. The van der Waals surface area contributed by atoms with E-state index in [1.165, 1.54) is 7.11 Å². The van der Waals surface area contributed by atoms with Crippen LogP contribution in [0, 0.1) is 0 Å². The molecule has 0 aliphatic rings. The fourth-order valence-corrected chi connectivity index (χ4v) is 3.37. The Balaban J connectivity index is 1.85. The normalized spacial score (nSPS) is 11.7. The summed E-state index contributed by atoms with van der Waals surface area (Å²) in [5, 5.41) is 6.45. The van der Waals surface area contributed by atoms with E-state index in [1.54, 1.807) is 48.0 Å². The largest absolute Gasteiger partial charge is 0.464 e. The van der Waals surface area contributed by atoms with Crippen LogP contribution in [0.5, 0.6) is 0 Å². The van der Waals surface area contributed by atoms with Crippen LogP contribution in [-0.2, 0) is 23.0 Å². The molecule has 1 aromatic heterocycles. The van der Waals surface area contributed by atoms with Gasteiger partial charge in [0.25, 0.3) is 0 Å². The second kappa shape index (κ2) is 8.87. The van der Waals surface area contributed by atoms with Crippen LogP contribution in [0.1, 0.15) is 16.1 Å². The number of aryl methyl sites for hydroxylation is 1. The average Bonchev–Trinajstić information content (AvgIpc) is 3.00. The van der Waals surface area contributed by atoms with Gasteiger partial charge in [0.15, 0.2) is 5.69 Å². The predicted molar refractivity (Wildman–Crippen MR) is 115 cm³/mol. The zero-order valence-corrected chi connectivity index (χ0v) is 17.2. The summed E-state index contributed by atoms with van der Waals surface area (Å²) in [5.74, 6) is -1.29. The van der Waals surface area contributed by atoms with Crippen molar-refractivity contribution >= 4 is 46.1 Å². The van der Waals surface area contributed by atoms with Crippen LogP contribution in [0.4, 0.5) is 10.5 Å². The van der Waals surface area contributed by atoms with Crippen LogP contribution in [0.25, 0.3) is 10.9 Å². The van der Waals surface area contributed by atoms with Gasteiger partial charge in [0, 0.05) is 23.9 Å². The van der Waals surface area contributed by atoms with Crippen molar-refractivity contribution in [1.82, 2.24) is 9.88 Å². The van der Waals surface area contributed by atoms with Crippen LogP contribution >= 0.6 is 11.6 Å². The van der Waals surface area contributed by atoms with Gasteiger partial charge in [-0.05, 0) is 23.8 Å². The van der Waals surface area contributed by atoms with Gasteiger partial charge in [-0.3, -0.25) is 4.79 Å². The first-order valence-electron chi connectivity index (χ1n) is 9.08. The number of anilines is 1. The van der Waals surface area contributed by atoms with Crippen molar-refractivity contribution in [2.75, 3.05) is 12.4 Å². The predicted octanol–water partition coefficient (Wildman–Crippen LogP) is 2.84. The molecule has 1 atom stereocenters. The van der Waals surface area contributed by atoms with Gasteiger partial charge in [0.05, 0.1) is 18.3 Å². The maximum atomic E-state index is 12.7. The smallest absolute Gasteiger partial charge is 0.356 e. The zero-order valence-electron chi connectivity index (χ0n) is 16.4. The Morgan fingerprint density at radius 1 is 1.13 bits per heavy atom. The van der Waals surface area contributed by atoms with E-state index in [9.17, 15) is 14.4 Å². The lowest BCUT2D eigenvalue weighted by Crippen LogP contribution is -2.47. The SMILES string of the molecule is COC(=O)c1c(NC(=O)NC(Cc2ccc(Cl)cc2)C(N)=O)c2ccccc2n1C. The number of primary amides is 1. The van der Waals surface area contributed by atoms with Gasteiger partial charge in [-0.2, -0.15) is 0 Å². The van der Waals surface area contributed by atoms with Gasteiger partial charge in [-0.25, -0.2) is 9.59 Å². The Bertz CT molecular complexity index is 1110. The molecule has 1 unspecified atom stereocenters. The Kier molecular flexibility index (Phi) is 6.27. The fourth-order valence-electron chi connectivity index (χ4n) is 3.24. The molecule has 0 saturated heterocycles. The number of aromatic nitrogens is 1. The third-order valence-electron chi connectivity index (χ3n) is 4.73. The summed E-state index contributed by atoms with van der Waals surface area (Å²) in [6.07, 6.45) is 0.194. The van der Waals surface area contributed by atoms with E-state index < -0.39 is 23.9 Å². The number of carbonyl (C=O) groups is 3. The highest BCUT2D eigenvalue weighted by molar-refractivity contribution is 6.30. The van der Waals surface area contributed by atoms with Crippen LogP contribution in [0.3, 0.4) is 0 Å². The molecule has 1 heterocycles. The number of ether oxygens (including phenoxy) is 1. The van der Waals surface area contributed by atoms with Crippen LogP contribution < -0.4 is 16.4 Å². The number of benzene rings is 2. The minimum atomic E-state index is -0.956. The monoisotopic (exact) mass is 428 g/mol. The molecule has 0 aliphatic heterocycles. The van der Waals surface area contributed by atoms with Crippen molar-refractivity contribution in [3.05, 3.63) is 64.8 Å². The van der Waals surface area contributed by atoms with E-state index in [4.69, 9.17) is 22.1 Å². The Morgan fingerprint density at radius 3 is 2.43 bits per heavy atom. The van der Waals surface area contributed by atoms with Crippen molar-refractivity contribution in [3.8, 4) is 0 Å². The van der Waals surface area contributed by atoms with Gasteiger partial charge < -0.3 is 25.7 Å². The van der Waals surface area contributed by atoms with Crippen molar-refractivity contribution in [2.24, 2.45) is 12.8 Å². The number of hydrogen-bond acceptors (Lipinski definition) is 4. The third kappa shape index (κ3) is 4.38. The molecule has 9 heteroatoms.